The summed E-state index contributed by atoms with van der Waals surface area (Å²) in [5.41, 5.74) is 1.59. The van der Waals surface area contributed by atoms with E-state index >= 15 is 0 Å². The number of likely N-dealkylation sites (tertiary alicyclic amines) is 1. The third kappa shape index (κ3) is 5.27. The molecular formula is C20H15ClF3N3O2. The average molecular weight is 422 g/mol. The zero-order chi connectivity index (χ0) is 21.0. The fraction of sp³-hybridized carbons (Fsp3) is 0.250. The molecular weight excluding hydrogens is 407 g/mol. The largest absolute Gasteiger partial charge is 0.573 e. The van der Waals surface area contributed by atoms with Gasteiger partial charge < -0.3 is 9.64 Å². The van der Waals surface area contributed by atoms with Gasteiger partial charge in [-0.05, 0) is 48.7 Å². The van der Waals surface area contributed by atoms with E-state index in [-0.39, 0.29) is 11.1 Å². The molecule has 1 aliphatic heterocycles. The predicted molar refractivity (Wildman–Crippen MR) is 99.0 cm³/mol. The van der Waals surface area contributed by atoms with Gasteiger partial charge in [0.1, 0.15) is 22.5 Å². The fourth-order valence-corrected chi connectivity index (χ4v) is 3.22. The van der Waals surface area contributed by atoms with E-state index in [1.54, 1.807) is 12.3 Å². The van der Waals surface area contributed by atoms with Gasteiger partial charge in [0, 0.05) is 30.5 Å². The number of hydrogen-bond acceptors (Lipinski definition) is 5. The molecule has 29 heavy (non-hydrogen) atoms. The van der Waals surface area contributed by atoms with Gasteiger partial charge in [0.05, 0.1) is 0 Å². The topological polar surface area (TPSA) is 66.2 Å². The van der Waals surface area contributed by atoms with Gasteiger partial charge in [-0.1, -0.05) is 17.7 Å². The Labute approximate surface area is 170 Å². The number of rotatable bonds is 5. The van der Waals surface area contributed by atoms with Crippen molar-refractivity contribution >= 4 is 17.4 Å². The molecule has 2 heterocycles. The van der Waals surface area contributed by atoms with Gasteiger partial charge in [0.15, 0.2) is 0 Å². The number of nitriles is 1. The molecule has 150 valence electrons. The summed E-state index contributed by atoms with van der Waals surface area (Å²) in [4.78, 5) is 18.8. The number of carbonyl (C=O) groups is 1. The molecule has 0 amide bonds. The third-order valence-corrected chi connectivity index (χ3v) is 4.59. The summed E-state index contributed by atoms with van der Waals surface area (Å²) >= 11 is 5.79. The van der Waals surface area contributed by atoms with E-state index in [0.717, 1.165) is 24.1 Å². The Morgan fingerprint density at radius 1 is 1.24 bits per heavy atom. The Morgan fingerprint density at radius 2 is 1.97 bits per heavy atom. The van der Waals surface area contributed by atoms with E-state index in [9.17, 15) is 23.2 Å². The molecule has 1 aromatic heterocycles. The summed E-state index contributed by atoms with van der Waals surface area (Å²) in [7, 11) is 0. The van der Waals surface area contributed by atoms with Crippen LogP contribution in [0.3, 0.4) is 0 Å². The molecule has 1 aliphatic rings. The maximum Gasteiger partial charge on any atom is 0.573 e. The molecule has 3 rings (SSSR count). The number of nitrogens with zero attached hydrogens (tertiary/aromatic N) is 3. The molecule has 0 N–H and O–H groups in total. The van der Waals surface area contributed by atoms with E-state index < -0.39 is 17.9 Å². The average Bonchev–Trinajstić information content (AvgIpc) is 3.11. The van der Waals surface area contributed by atoms with Crippen LogP contribution >= 0.6 is 11.6 Å². The van der Waals surface area contributed by atoms with Crippen molar-refractivity contribution in [2.24, 2.45) is 0 Å². The molecule has 0 bridgehead atoms. The van der Waals surface area contributed by atoms with Crippen LogP contribution in [0.4, 0.5) is 13.2 Å². The van der Waals surface area contributed by atoms with Gasteiger partial charge in [-0.2, -0.15) is 5.26 Å². The first-order valence-electron chi connectivity index (χ1n) is 8.66. The summed E-state index contributed by atoms with van der Waals surface area (Å²) in [6.07, 6.45) is -1.84. The summed E-state index contributed by atoms with van der Waals surface area (Å²) < 4.78 is 40.6. The normalized spacial score (nSPS) is 15.8. The molecule has 0 radical (unpaired) electrons. The molecule has 1 saturated heterocycles. The van der Waals surface area contributed by atoms with Crippen molar-refractivity contribution in [1.29, 1.82) is 5.26 Å². The van der Waals surface area contributed by atoms with Crippen LogP contribution in [0.15, 0.2) is 53.9 Å². The zero-order valence-corrected chi connectivity index (χ0v) is 15.8. The number of ketones is 1. The summed E-state index contributed by atoms with van der Waals surface area (Å²) in [5.74, 6) is -0.972. The van der Waals surface area contributed by atoms with Crippen LogP contribution in [0.1, 0.15) is 28.8 Å². The lowest BCUT2D eigenvalue weighted by Crippen LogP contribution is -2.20. The molecule has 5 nitrogen and oxygen atoms in total. The molecule has 0 saturated carbocycles. The number of alkyl halides is 3. The maximum atomic E-state index is 12.8. The first kappa shape index (κ1) is 20.7. The van der Waals surface area contributed by atoms with Gasteiger partial charge in [0.2, 0.25) is 5.78 Å². The molecule has 0 atom stereocenters. The highest BCUT2D eigenvalue weighted by molar-refractivity contribution is 6.29. The Morgan fingerprint density at radius 3 is 2.55 bits per heavy atom. The second-order valence-corrected chi connectivity index (χ2v) is 6.74. The second kappa shape index (κ2) is 8.53. The van der Waals surface area contributed by atoms with Crippen molar-refractivity contribution in [3.8, 4) is 11.8 Å². The van der Waals surface area contributed by atoms with E-state index in [1.807, 2.05) is 17.0 Å². The maximum absolute atomic E-state index is 12.8. The first-order chi connectivity index (χ1) is 13.8. The Balaban J connectivity index is 1.82. The molecule has 1 aromatic carbocycles. The lowest BCUT2D eigenvalue weighted by Gasteiger charge is -2.21. The number of pyridine rings is 1. The number of aromatic nitrogens is 1. The molecule has 0 unspecified atom stereocenters. The van der Waals surface area contributed by atoms with Gasteiger partial charge in [-0.25, -0.2) is 4.98 Å². The summed E-state index contributed by atoms with van der Waals surface area (Å²) in [5, 5.41) is 9.96. The Bertz CT molecular complexity index is 964. The quantitative estimate of drug-likeness (QED) is 0.297. The number of benzene rings is 1. The van der Waals surface area contributed by atoms with Crippen LogP contribution in [0, 0.1) is 11.3 Å². The van der Waals surface area contributed by atoms with Crippen LogP contribution in [-0.2, 0) is 6.54 Å². The highest BCUT2D eigenvalue weighted by Gasteiger charge is 2.31. The standard InChI is InChI=1S/C20H15ClF3N3O2/c21-18-8-3-13(11-26-18)12-27-9-1-2-17(27)16(10-25)19(28)14-4-6-15(7-5-14)29-20(22,23)24/h3-8,11H,1-2,9,12H2/b17-16-. The summed E-state index contributed by atoms with van der Waals surface area (Å²) in [6.45, 7) is 1.14. The molecule has 1 fully saturated rings. The number of ether oxygens (including phenoxy) is 1. The van der Waals surface area contributed by atoms with Crippen molar-refractivity contribution in [2.45, 2.75) is 25.7 Å². The van der Waals surface area contributed by atoms with Crippen molar-refractivity contribution in [3.05, 3.63) is 70.1 Å². The van der Waals surface area contributed by atoms with Crippen LogP contribution in [0.5, 0.6) is 5.75 Å². The van der Waals surface area contributed by atoms with Crippen molar-refractivity contribution in [2.75, 3.05) is 6.54 Å². The van der Waals surface area contributed by atoms with Crippen LogP contribution < -0.4 is 4.74 Å². The predicted octanol–water partition coefficient (Wildman–Crippen LogP) is 4.89. The number of allylic oxidation sites excluding steroid dienone is 2. The smallest absolute Gasteiger partial charge is 0.406 e. The minimum atomic E-state index is -4.81. The Kier molecular flexibility index (Phi) is 6.09. The van der Waals surface area contributed by atoms with Crippen molar-refractivity contribution in [3.63, 3.8) is 0 Å². The number of carbonyl (C=O) groups excluding carboxylic acids is 1. The molecule has 2 aromatic rings. The molecule has 0 spiro atoms. The van der Waals surface area contributed by atoms with Gasteiger partial charge in [-0.15, -0.1) is 13.2 Å². The third-order valence-electron chi connectivity index (χ3n) is 4.36. The van der Waals surface area contributed by atoms with Gasteiger partial charge in [0.25, 0.3) is 0 Å². The number of halogens is 4. The SMILES string of the molecule is N#C/C(C(=O)c1ccc(OC(F)(F)F)cc1)=C1\CCCN1Cc1ccc(Cl)nc1. The molecule has 0 aliphatic carbocycles. The van der Waals surface area contributed by atoms with E-state index in [4.69, 9.17) is 11.6 Å². The minimum Gasteiger partial charge on any atom is -0.406 e. The highest BCUT2D eigenvalue weighted by atomic mass is 35.5. The van der Waals surface area contributed by atoms with E-state index in [0.29, 0.717) is 30.4 Å². The van der Waals surface area contributed by atoms with E-state index in [1.165, 1.54) is 12.1 Å². The second-order valence-electron chi connectivity index (χ2n) is 6.35. The van der Waals surface area contributed by atoms with Gasteiger partial charge >= 0.3 is 6.36 Å². The van der Waals surface area contributed by atoms with Crippen LogP contribution in [-0.4, -0.2) is 28.6 Å². The zero-order valence-electron chi connectivity index (χ0n) is 15.0. The minimum absolute atomic E-state index is 0.0195. The lowest BCUT2D eigenvalue weighted by atomic mass is 10.0. The fourth-order valence-electron chi connectivity index (χ4n) is 3.11. The lowest BCUT2D eigenvalue weighted by molar-refractivity contribution is -0.274. The number of Topliss-reactive ketones (excluding diaryl/α,β-unsaturated/α-hetero) is 1. The van der Waals surface area contributed by atoms with E-state index in [2.05, 4.69) is 9.72 Å². The van der Waals surface area contributed by atoms with Crippen molar-refractivity contribution in [1.82, 2.24) is 9.88 Å². The van der Waals surface area contributed by atoms with Gasteiger partial charge in [-0.3, -0.25) is 4.79 Å². The number of hydrogen-bond donors (Lipinski definition) is 0. The Hall–Kier alpha value is -3.05. The molecule has 9 heteroatoms. The summed E-state index contributed by atoms with van der Waals surface area (Å²) in [6, 6.07) is 9.96. The van der Waals surface area contributed by atoms with Crippen molar-refractivity contribution < 1.29 is 22.7 Å². The van der Waals surface area contributed by atoms with Crippen LogP contribution in [0.2, 0.25) is 5.15 Å². The first-order valence-corrected chi connectivity index (χ1v) is 9.04. The monoisotopic (exact) mass is 421 g/mol. The highest BCUT2D eigenvalue weighted by Crippen LogP contribution is 2.29. The van der Waals surface area contributed by atoms with Crippen LogP contribution in [0.25, 0.3) is 0 Å².